The molecule has 5 rings (SSSR count). The summed E-state index contributed by atoms with van der Waals surface area (Å²) in [6.45, 7) is 1.72. The van der Waals surface area contributed by atoms with E-state index in [1.165, 1.54) is 11.8 Å². The van der Waals surface area contributed by atoms with Crippen LogP contribution in [0.3, 0.4) is 0 Å². The molecule has 1 saturated heterocycles. The number of halogens is 1. The number of nitrogens with one attached hydrogen (secondary N) is 1. The molecule has 2 aliphatic heterocycles. The van der Waals surface area contributed by atoms with Crippen molar-refractivity contribution in [2.75, 3.05) is 27.2 Å². The van der Waals surface area contributed by atoms with Crippen molar-refractivity contribution in [3.05, 3.63) is 71.3 Å². The fourth-order valence-electron chi connectivity index (χ4n) is 6.33. The number of aryl methyl sites for hydroxylation is 1. The van der Waals surface area contributed by atoms with E-state index in [1.807, 2.05) is 6.07 Å². The molecule has 2 aliphatic carbocycles. The van der Waals surface area contributed by atoms with Gasteiger partial charge in [0.1, 0.15) is 5.82 Å². The summed E-state index contributed by atoms with van der Waals surface area (Å²) in [7, 11) is 4.41. The van der Waals surface area contributed by atoms with Gasteiger partial charge in [-0.3, -0.25) is 4.79 Å². The van der Waals surface area contributed by atoms with Crippen LogP contribution < -0.4 is 5.32 Å². The first-order chi connectivity index (χ1) is 15.0. The predicted molar refractivity (Wildman–Crippen MR) is 120 cm³/mol. The van der Waals surface area contributed by atoms with Gasteiger partial charge in [0, 0.05) is 50.4 Å². The van der Waals surface area contributed by atoms with E-state index in [4.69, 9.17) is 0 Å². The molecule has 2 heterocycles. The number of carbonyl (C=O) groups is 1. The smallest absolute Gasteiger partial charge is 0.220 e. The number of carbonyl (C=O) groups excluding carboxylic acids is 1. The highest BCUT2D eigenvalue weighted by Gasteiger charge is 2.49. The minimum Gasteiger partial charge on any atom is -0.356 e. The number of piperidine rings is 1. The highest BCUT2D eigenvalue weighted by Crippen LogP contribution is 2.52. The Morgan fingerprint density at radius 1 is 1.26 bits per heavy atom. The van der Waals surface area contributed by atoms with Crippen LogP contribution in [0.15, 0.2) is 60.0 Å². The van der Waals surface area contributed by atoms with E-state index < -0.39 is 0 Å². The van der Waals surface area contributed by atoms with Crippen molar-refractivity contribution in [2.45, 2.75) is 31.7 Å². The topological polar surface area (TPSA) is 35.6 Å². The van der Waals surface area contributed by atoms with E-state index in [1.54, 1.807) is 17.7 Å². The molecule has 4 nitrogen and oxygen atoms in total. The highest BCUT2D eigenvalue weighted by atomic mass is 19.1. The van der Waals surface area contributed by atoms with E-state index in [2.05, 4.69) is 53.6 Å². The summed E-state index contributed by atoms with van der Waals surface area (Å²) in [5, 5.41) is 3.13. The molecule has 164 valence electrons. The molecule has 5 heteroatoms. The Morgan fingerprint density at radius 3 is 2.94 bits per heavy atom. The second-order valence-corrected chi connectivity index (χ2v) is 9.72. The van der Waals surface area contributed by atoms with Crippen LogP contribution in [0.5, 0.6) is 0 Å². The zero-order chi connectivity index (χ0) is 21.5. The van der Waals surface area contributed by atoms with Crippen LogP contribution >= 0.6 is 0 Å². The van der Waals surface area contributed by atoms with E-state index in [0.717, 1.165) is 19.4 Å². The lowest BCUT2D eigenvalue weighted by Crippen LogP contribution is -2.54. The van der Waals surface area contributed by atoms with E-state index in [9.17, 15) is 9.18 Å². The van der Waals surface area contributed by atoms with Crippen molar-refractivity contribution in [3.63, 3.8) is 0 Å². The molecule has 0 aromatic heterocycles. The maximum atomic E-state index is 13.8. The van der Waals surface area contributed by atoms with Crippen LogP contribution in [0.1, 0.15) is 24.8 Å². The van der Waals surface area contributed by atoms with Gasteiger partial charge in [-0.15, -0.1) is 0 Å². The fourth-order valence-corrected chi connectivity index (χ4v) is 6.33. The second kappa shape index (κ2) is 8.27. The number of nitrogens with zero attached hydrogens (tertiary/aromatic N) is 2. The largest absolute Gasteiger partial charge is 0.356 e. The Bertz CT molecular complexity index is 952. The SMILES string of the molecule is CN1C=C2C[C@@H]3[C@H](C[C@@H](CNC(=O)CCc4ccccc4F)CN3C)C3C=CC=C1C23. The Morgan fingerprint density at radius 2 is 2.10 bits per heavy atom. The molecular formula is C26H32FN3O. The Labute approximate surface area is 184 Å². The first kappa shape index (κ1) is 20.5. The minimum absolute atomic E-state index is 0.0158. The Hall–Kier alpha value is -2.40. The number of amides is 1. The van der Waals surface area contributed by atoms with Gasteiger partial charge in [0.15, 0.2) is 0 Å². The standard InChI is InChI=1S/C26H32FN3O/c1-29-15-17(14-28-25(31)11-10-18-6-3-4-8-22(18)27)12-21-20-7-5-9-23-26(20)19(13-24(21)29)16-30(23)2/h3-9,16-17,20-21,24,26H,10-15H2,1-2H3,(H,28,31)/t17-,20?,21+,24+,26?/m0/s1. The number of rotatable bonds is 5. The van der Waals surface area contributed by atoms with E-state index in [0.29, 0.717) is 54.7 Å². The van der Waals surface area contributed by atoms with Gasteiger partial charge in [0.2, 0.25) is 5.91 Å². The molecule has 0 spiro atoms. The summed E-state index contributed by atoms with van der Waals surface area (Å²) in [5.74, 6) is 1.95. The molecule has 5 atom stereocenters. The lowest BCUT2D eigenvalue weighted by Gasteiger charge is -2.51. The molecule has 31 heavy (non-hydrogen) atoms. The number of hydrogen-bond donors (Lipinski definition) is 1. The van der Waals surface area contributed by atoms with Crippen LogP contribution in [-0.4, -0.2) is 48.9 Å². The van der Waals surface area contributed by atoms with Gasteiger partial charge in [-0.25, -0.2) is 4.39 Å². The zero-order valence-electron chi connectivity index (χ0n) is 18.4. The summed E-state index contributed by atoms with van der Waals surface area (Å²) >= 11 is 0. The molecule has 1 saturated carbocycles. The highest BCUT2D eigenvalue weighted by molar-refractivity contribution is 5.76. The molecule has 4 aliphatic rings. The van der Waals surface area contributed by atoms with Gasteiger partial charge in [0.25, 0.3) is 0 Å². The quantitative estimate of drug-likeness (QED) is 0.787. The van der Waals surface area contributed by atoms with Crippen LogP contribution in [0, 0.1) is 29.5 Å². The lowest BCUT2D eigenvalue weighted by molar-refractivity contribution is -0.121. The van der Waals surface area contributed by atoms with Crippen molar-refractivity contribution in [1.82, 2.24) is 15.1 Å². The van der Waals surface area contributed by atoms with Crippen molar-refractivity contribution in [2.24, 2.45) is 23.7 Å². The van der Waals surface area contributed by atoms with Crippen LogP contribution in [0.4, 0.5) is 4.39 Å². The third-order valence-electron chi connectivity index (χ3n) is 7.79. The van der Waals surface area contributed by atoms with Gasteiger partial charge in [-0.1, -0.05) is 30.4 Å². The van der Waals surface area contributed by atoms with Crippen molar-refractivity contribution in [3.8, 4) is 0 Å². The predicted octanol–water partition coefficient (Wildman–Crippen LogP) is 3.73. The Balaban J connectivity index is 1.19. The fraction of sp³-hybridized carbons (Fsp3) is 0.500. The summed E-state index contributed by atoms with van der Waals surface area (Å²) < 4.78 is 13.8. The molecule has 1 amide bonds. The van der Waals surface area contributed by atoms with Gasteiger partial charge in [-0.2, -0.15) is 0 Å². The number of hydrogen-bond acceptors (Lipinski definition) is 3. The number of likely N-dealkylation sites (tertiary alicyclic amines) is 1. The molecule has 2 fully saturated rings. The molecule has 0 bridgehead atoms. The normalized spacial score (nSPS) is 31.6. The molecule has 0 radical (unpaired) electrons. The average Bonchev–Trinajstić information content (AvgIpc) is 3.09. The average molecular weight is 422 g/mol. The summed E-state index contributed by atoms with van der Waals surface area (Å²) in [5.41, 5.74) is 3.63. The molecular weight excluding hydrogens is 389 g/mol. The maximum absolute atomic E-state index is 13.8. The van der Waals surface area contributed by atoms with Crippen molar-refractivity contribution >= 4 is 5.91 Å². The summed E-state index contributed by atoms with van der Waals surface area (Å²) in [6, 6.07) is 7.29. The van der Waals surface area contributed by atoms with E-state index >= 15 is 0 Å². The molecule has 1 N–H and O–H groups in total. The van der Waals surface area contributed by atoms with Crippen LogP contribution in [0.25, 0.3) is 0 Å². The third-order valence-corrected chi connectivity index (χ3v) is 7.79. The molecule has 1 aromatic carbocycles. The monoisotopic (exact) mass is 421 g/mol. The van der Waals surface area contributed by atoms with Crippen LogP contribution in [0.2, 0.25) is 0 Å². The zero-order valence-corrected chi connectivity index (χ0v) is 18.4. The molecule has 2 unspecified atom stereocenters. The van der Waals surface area contributed by atoms with E-state index in [-0.39, 0.29) is 11.7 Å². The number of allylic oxidation sites excluding steroid dienone is 4. The van der Waals surface area contributed by atoms with Crippen molar-refractivity contribution < 1.29 is 9.18 Å². The maximum Gasteiger partial charge on any atom is 0.220 e. The lowest BCUT2D eigenvalue weighted by atomic mass is 9.61. The van der Waals surface area contributed by atoms with Gasteiger partial charge < -0.3 is 15.1 Å². The summed E-state index contributed by atoms with van der Waals surface area (Å²) in [4.78, 5) is 17.2. The second-order valence-electron chi connectivity index (χ2n) is 9.72. The minimum atomic E-state index is -0.229. The van der Waals surface area contributed by atoms with Gasteiger partial charge in [-0.05, 0) is 67.3 Å². The third kappa shape index (κ3) is 3.84. The van der Waals surface area contributed by atoms with Crippen molar-refractivity contribution in [1.29, 1.82) is 0 Å². The number of fused-ring (bicyclic) bond motifs is 2. The summed E-state index contributed by atoms with van der Waals surface area (Å²) in [6.07, 6.45) is 12.4. The number of benzene rings is 1. The van der Waals surface area contributed by atoms with Gasteiger partial charge >= 0.3 is 0 Å². The van der Waals surface area contributed by atoms with Crippen LogP contribution in [-0.2, 0) is 11.2 Å². The first-order valence-electron chi connectivity index (χ1n) is 11.5. The van der Waals surface area contributed by atoms with Gasteiger partial charge in [0.05, 0.1) is 0 Å². The Kier molecular flexibility index (Phi) is 5.47. The first-order valence-corrected chi connectivity index (χ1v) is 11.5. The molecule has 1 aromatic rings.